The molecule has 4 aromatic rings. The van der Waals surface area contributed by atoms with Gasteiger partial charge in [-0.05, 0) is 48.1 Å². The molecular weight excluding hydrogens is 484 g/mol. The zero-order valence-electron chi connectivity index (χ0n) is 20.9. The van der Waals surface area contributed by atoms with Gasteiger partial charge in [-0.1, -0.05) is 54.6 Å². The highest BCUT2D eigenvalue weighted by molar-refractivity contribution is 5.96. The number of carboxylic acid groups (broad SMARTS) is 1. The number of pyridine rings is 1. The average Bonchev–Trinajstić information content (AvgIpc) is 2.91. The van der Waals surface area contributed by atoms with Gasteiger partial charge < -0.3 is 20.6 Å². The summed E-state index contributed by atoms with van der Waals surface area (Å²) >= 11 is 0. The van der Waals surface area contributed by atoms with E-state index in [1.54, 1.807) is 6.92 Å². The third kappa shape index (κ3) is 6.77. The minimum atomic E-state index is -1.20. The lowest BCUT2D eigenvalue weighted by molar-refractivity contribution is -0.135. The third-order valence-corrected chi connectivity index (χ3v) is 5.99. The van der Waals surface area contributed by atoms with Crippen molar-refractivity contribution in [3.8, 4) is 17.0 Å². The van der Waals surface area contributed by atoms with Gasteiger partial charge in [0.25, 0.3) is 5.91 Å². The van der Waals surface area contributed by atoms with E-state index in [0.29, 0.717) is 18.7 Å². The molecule has 2 aromatic heterocycles. The van der Waals surface area contributed by atoms with Crippen LogP contribution >= 0.6 is 0 Å². The van der Waals surface area contributed by atoms with Gasteiger partial charge in [0.1, 0.15) is 12.4 Å². The second-order valence-electron chi connectivity index (χ2n) is 8.89. The summed E-state index contributed by atoms with van der Waals surface area (Å²) < 4.78 is 0. The number of aliphatic hydroxyl groups excluding tert-OH is 1. The van der Waals surface area contributed by atoms with Gasteiger partial charge in [0.2, 0.25) is 0 Å². The van der Waals surface area contributed by atoms with E-state index in [1.807, 2.05) is 48.7 Å². The third-order valence-electron chi connectivity index (χ3n) is 5.99. The Morgan fingerprint density at radius 1 is 0.842 bits per heavy atom. The van der Waals surface area contributed by atoms with E-state index in [1.165, 1.54) is 5.56 Å². The molecule has 1 amide bonds. The Morgan fingerprint density at radius 2 is 1.47 bits per heavy atom. The van der Waals surface area contributed by atoms with Crippen LogP contribution in [0.3, 0.4) is 0 Å². The smallest absolute Gasteiger partial charge is 0.322 e. The van der Waals surface area contributed by atoms with Crippen LogP contribution in [0.4, 0.5) is 0 Å². The second kappa shape index (κ2) is 12.1. The highest BCUT2D eigenvalue weighted by Crippen LogP contribution is 2.22. The molecular formula is C29H28N4O5. The predicted octanol–water partition coefficient (Wildman–Crippen LogP) is 3.08. The van der Waals surface area contributed by atoms with Crippen molar-refractivity contribution >= 4 is 11.9 Å². The molecule has 4 N–H and O–H groups in total. The van der Waals surface area contributed by atoms with Gasteiger partial charge in [-0.3, -0.25) is 14.6 Å². The number of hydrogen-bond donors (Lipinski definition) is 4. The number of aromatic nitrogens is 3. The summed E-state index contributed by atoms with van der Waals surface area (Å²) in [4.78, 5) is 36.0. The molecule has 4 rings (SSSR count). The highest BCUT2D eigenvalue weighted by Gasteiger charge is 2.18. The Kier molecular flexibility index (Phi) is 8.40. The lowest BCUT2D eigenvalue weighted by atomic mass is 10.0. The van der Waals surface area contributed by atoms with Crippen LogP contribution in [0.2, 0.25) is 0 Å². The van der Waals surface area contributed by atoms with Crippen LogP contribution in [0.15, 0.2) is 66.9 Å². The molecule has 0 fully saturated rings. The molecule has 0 atom stereocenters. The first-order valence-electron chi connectivity index (χ1n) is 12.1. The number of amides is 1. The van der Waals surface area contributed by atoms with Crippen LogP contribution in [-0.2, 0) is 24.1 Å². The fourth-order valence-corrected chi connectivity index (χ4v) is 3.97. The summed E-state index contributed by atoms with van der Waals surface area (Å²) in [6.45, 7) is 1.12. The maximum absolute atomic E-state index is 12.3. The monoisotopic (exact) mass is 512 g/mol. The molecule has 0 radical (unpaired) electrons. The number of aliphatic carboxylic acids is 1. The Hall–Kier alpha value is -4.63. The summed E-state index contributed by atoms with van der Waals surface area (Å²) in [6.07, 6.45) is 3.62. The van der Waals surface area contributed by atoms with Gasteiger partial charge in [-0.25, -0.2) is 9.97 Å². The largest absolute Gasteiger partial charge is 0.504 e. The minimum absolute atomic E-state index is 0.145. The number of nitrogens with one attached hydrogen (secondary N) is 1. The molecule has 0 aliphatic rings. The van der Waals surface area contributed by atoms with Gasteiger partial charge in [-0.2, -0.15) is 0 Å². The fourth-order valence-electron chi connectivity index (χ4n) is 3.97. The Balaban J connectivity index is 1.42. The summed E-state index contributed by atoms with van der Waals surface area (Å²) in [5.74, 6) is -2.02. The number of aryl methyl sites for hydroxylation is 1. The molecule has 0 unspecified atom stereocenters. The number of carbonyl (C=O) groups excluding carboxylic acids is 1. The van der Waals surface area contributed by atoms with Crippen LogP contribution in [-0.4, -0.2) is 55.3 Å². The Labute approximate surface area is 219 Å². The first kappa shape index (κ1) is 26.4. The standard InChI is InChI=1S/C29H28N4O5/c1-18-28(37)27(29(38)31-17-26(35)36)33-25(32-18)15-21-6-9-23(10-7-21)24-11-8-22(16-30-24)14-20-4-2-19(3-5-20)12-13-34/h2-11,16,34,37H,12-15,17H2,1H3,(H,31,38)(H,35,36). The number of aliphatic hydroxyl groups is 1. The van der Waals surface area contributed by atoms with Gasteiger partial charge in [0, 0.05) is 24.8 Å². The lowest BCUT2D eigenvalue weighted by Gasteiger charge is -2.09. The van der Waals surface area contributed by atoms with E-state index in [9.17, 15) is 14.7 Å². The normalized spacial score (nSPS) is 10.8. The number of benzene rings is 2. The number of hydrogen-bond acceptors (Lipinski definition) is 7. The first-order chi connectivity index (χ1) is 18.3. The molecule has 2 heterocycles. The summed E-state index contributed by atoms with van der Waals surface area (Å²) in [5, 5.41) is 30.2. The zero-order chi connectivity index (χ0) is 27.1. The zero-order valence-corrected chi connectivity index (χ0v) is 20.9. The van der Waals surface area contributed by atoms with E-state index in [4.69, 9.17) is 10.2 Å². The SMILES string of the molecule is Cc1nc(Cc2ccc(-c3ccc(Cc4ccc(CCO)cc4)cn3)cc2)nc(C(=O)NCC(=O)O)c1O. The molecule has 0 aliphatic carbocycles. The predicted molar refractivity (Wildman–Crippen MR) is 141 cm³/mol. The summed E-state index contributed by atoms with van der Waals surface area (Å²) in [7, 11) is 0. The fraction of sp³-hybridized carbons (Fsp3) is 0.207. The summed E-state index contributed by atoms with van der Waals surface area (Å²) in [5.41, 5.74) is 6.06. The molecule has 0 spiro atoms. The maximum Gasteiger partial charge on any atom is 0.322 e. The molecule has 0 saturated carbocycles. The molecule has 0 bridgehead atoms. The van der Waals surface area contributed by atoms with E-state index >= 15 is 0 Å². The van der Waals surface area contributed by atoms with Gasteiger partial charge in [0.05, 0.1) is 11.4 Å². The van der Waals surface area contributed by atoms with Crippen molar-refractivity contribution in [3.05, 3.63) is 106 Å². The molecule has 9 heteroatoms. The van der Waals surface area contributed by atoms with E-state index in [2.05, 4.69) is 38.5 Å². The first-order valence-corrected chi connectivity index (χ1v) is 12.1. The number of aromatic hydroxyl groups is 1. The maximum atomic E-state index is 12.3. The highest BCUT2D eigenvalue weighted by atomic mass is 16.4. The molecule has 0 aliphatic heterocycles. The van der Waals surface area contributed by atoms with Gasteiger partial charge in [-0.15, -0.1) is 0 Å². The van der Waals surface area contributed by atoms with Crippen molar-refractivity contribution in [2.75, 3.05) is 13.2 Å². The second-order valence-corrected chi connectivity index (χ2v) is 8.89. The van der Waals surface area contributed by atoms with Crippen LogP contribution in [0.5, 0.6) is 5.75 Å². The van der Waals surface area contributed by atoms with Crippen molar-refractivity contribution < 1.29 is 24.9 Å². The van der Waals surface area contributed by atoms with Crippen molar-refractivity contribution in [1.29, 1.82) is 0 Å². The van der Waals surface area contributed by atoms with E-state index in [-0.39, 0.29) is 23.7 Å². The van der Waals surface area contributed by atoms with Crippen LogP contribution < -0.4 is 5.32 Å². The average molecular weight is 513 g/mol. The van der Waals surface area contributed by atoms with Crippen molar-refractivity contribution in [1.82, 2.24) is 20.3 Å². The van der Waals surface area contributed by atoms with E-state index in [0.717, 1.165) is 34.4 Å². The molecule has 2 aromatic carbocycles. The van der Waals surface area contributed by atoms with Crippen molar-refractivity contribution in [2.24, 2.45) is 0 Å². The van der Waals surface area contributed by atoms with Crippen LogP contribution in [0.1, 0.15) is 44.3 Å². The minimum Gasteiger partial charge on any atom is -0.504 e. The van der Waals surface area contributed by atoms with Crippen LogP contribution in [0.25, 0.3) is 11.3 Å². The number of nitrogens with zero attached hydrogens (tertiary/aromatic N) is 3. The molecule has 38 heavy (non-hydrogen) atoms. The summed E-state index contributed by atoms with van der Waals surface area (Å²) in [6, 6.07) is 20.0. The number of rotatable bonds is 10. The quantitative estimate of drug-likeness (QED) is 0.254. The lowest BCUT2D eigenvalue weighted by Crippen LogP contribution is -2.30. The molecule has 194 valence electrons. The number of carbonyl (C=O) groups is 2. The molecule has 0 saturated heterocycles. The Morgan fingerprint density at radius 3 is 2.11 bits per heavy atom. The van der Waals surface area contributed by atoms with Gasteiger partial charge in [0.15, 0.2) is 11.4 Å². The Bertz CT molecular complexity index is 1420. The van der Waals surface area contributed by atoms with Crippen LogP contribution in [0, 0.1) is 6.92 Å². The number of carboxylic acids is 1. The van der Waals surface area contributed by atoms with Crippen molar-refractivity contribution in [3.63, 3.8) is 0 Å². The topological polar surface area (TPSA) is 146 Å². The van der Waals surface area contributed by atoms with Gasteiger partial charge >= 0.3 is 5.97 Å². The van der Waals surface area contributed by atoms with Crippen molar-refractivity contribution in [2.45, 2.75) is 26.2 Å². The van der Waals surface area contributed by atoms with E-state index < -0.39 is 18.4 Å². The molecule has 9 nitrogen and oxygen atoms in total.